The molecule has 140 valence electrons. The Morgan fingerprint density at radius 3 is 2.61 bits per heavy atom. The van der Waals surface area contributed by atoms with Crippen LogP contribution in [0.5, 0.6) is 0 Å². The van der Waals surface area contributed by atoms with Gasteiger partial charge in [-0.3, -0.25) is 5.32 Å². The molecule has 0 heterocycles. The average Bonchev–Trinajstić information content (AvgIpc) is 2.85. The van der Waals surface area contributed by atoms with Crippen molar-refractivity contribution in [2.24, 2.45) is 0 Å². The monoisotopic (exact) mass is 389 g/mol. The number of nitrogens with one attached hydrogen (secondary N) is 1. The van der Waals surface area contributed by atoms with E-state index in [2.05, 4.69) is 52.5 Å². The molecule has 3 nitrogen and oxygen atoms in total. The van der Waals surface area contributed by atoms with E-state index in [1.165, 1.54) is 29.4 Å². The van der Waals surface area contributed by atoms with Crippen molar-refractivity contribution in [3.63, 3.8) is 0 Å². The first kappa shape index (κ1) is 18.3. The first-order valence-corrected chi connectivity index (χ1v) is 9.55. The maximum Gasteiger partial charge on any atom is 0.411 e. The number of halogens is 1. The number of hydrogen-bond acceptors (Lipinski definition) is 2. The summed E-state index contributed by atoms with van der Waals surface area (Å²) in [6.07, 6.45) is 3.61. The van der Waals surface area contributed by atoms with Gasteiger partial charge in [-0.15, -0.1) is 0 Å². The number of anilines is 1. The van der Waals surface area contributed by atoms with Gasteiger partial charge >= 0.3 is 6.09 Å². The molecule has 3 aromatic rings. The van der Waals surface area contributed by atoms with Gasteiger partial charge < -0.3 is 4.74 Å². The summed E-state index contributed by atoms with van der Waals surface area (Å²) in [5.74, 6) is 0. The largest absolute Gasteiger partial charge is 0.453 e. The SMILES string of the molecule is COC(=O)Nc1cccc(/C=C2/c3ccccc3CCc3cc(Cl)ccc32)c1. The minimum absolute atomic E-state index is 0.482. The van der Waals surface area contributed by atoms with Gasteiger partial charge in [-0.1, -0.05) is 54.1 Å². The van der Waals surface area contributed by atoms with Crippen molar-refractivity contribution in [1.82, 2.24) is 0 Å². The molecule has 0 spiro atoms. The highest BCUT2D eigenvalue weighted by molar-refractivity contribution is 6.30. The van der Waals surface area contributed by atoms with Crippen LogP contribution in [-0.4, -0.2) is 13.2 Å². The molecule has 0 aromatic heterocycles. The molecule has 4 heteroatoms. The number of hydrogen-bond donors (Lipinski definition) is 1. The highest BCUT2D eigenvalue weighted by Crippen LogP contribution is 2.36. The van der Waals surface area contributed by atoms with Crippen LogP contribution in [0.25, 0.3) is 11.6 Å². The van der Waals surface area contributed by atoms with E-state index in [1.807, 2.05) is 30.3 Å². The lowest BCUT2D eigenvalue weighted by Gasteiger charge is -2.13. The molecule has 28 heavy (non-hydrogen) atoms. The van der Waals surface area contributed by atoms with E-state index in [0.29, 0.717) is 5.69 Å². The van der Waals surface area contributed by atoms with Crippen LogP contribution in [0.2, 0.25) is 5.02 Å². The van der Waals surface area contributed by atoms with Crippen molar-refractivity contribution in [3.05, 3.63) is 99.6 Å². The number of ether oxygens (including phenoxy) is 1. The van der Waals surface area contributed by atoms with Gasteiger partial charge in [0.05, 0.1) is 7.11 Å². The summed E-state index contributed by atoms with van der Waals surface area (Å²) in [7, 11) is 1.35. The maximum absolute atomic E-state index is 11.5. The number of benzene rings is 3. The first-order chi connectivity index (χ1) is 13.6. The second-order valence-corrected chi connectivity index (χ2v) is 7.20. The van der Waals surface area contributed by atoms with E-state index >= 15 is 0 Å². The van der Waals surface area contributed by atoms with Gasteiger partial charge in [-0.25, -0.2) is 4.79 Å². The van der Waals surface area contributed by atoms with Crippen molar-refractivity contribution in [3.8, 4) is 0 Å². The van der Waals surface area contributed by atoms with Crippen LogP contribution in [0.15, 0.2) is 66.7 Å². The van der Waals surface area contributed by atoms with Crippen molar-refractivity contribution >= 4 is 35.0 Å². The normalized spacial score (nSPS) is 14.0. The van der Waals surface area contributed by atoms with E-state index < -0.39 is 6.09 Å². The summed E-state index contributed by atoms with van der Waals surface area (Å²) in [5.41, 5.74) is 7.86. The molecule has 0 aliphatic heterocycles. The number of methoxy groups -OCH3 is 1. The minimum atomic E-state index is -0.482. The third kappa shape index (κ3) is 3.80. The van der Waals surface area contributed by atoms with Crippen LogP contribution in [0.3, 0.4) is 0 Å². The number of carbonyl (C=O) groups excluding carboxylic acids is 1. The van der Waals surface area contributed by atoms with E-state index in [-0.39, 0.29) is 0 Å². The Hall–Kier alpha value is -3.04. The van der Waals surface area contributed by atoms with Crippen molar-refractivity contribution in [1.29, 1.82) is 0 Å². The summed E-state index contributed by atoms with van der Waals surface area (Å²) < 4.78 is 4.69. The summed E-state index contributed by atoms with van der Waals surface area (Å²) in [5, 5.41) is 3.48. The van der Waals surface area contributed by atoms with Gasteiger partial charge in [0.1, 0.15) is 0 Å². The summed E-state index contributed by atoms with van der Waals surface area (Å²) in [4.78, 5) is 11.5. The number of rotatable bonds is 2. The predicted molar refractivity (Wildman–Crippen MR) is 115 cm³/mol. The molecule has 0 saturated heterocycles. The lowest BCUT2D eigenvalue weighted by atomic mass is 9.92. The zero-order valence-corrected chi connectivity index (χ0v) is 16.3. The first-order valence-electron chi connectivity index (χ1n) is 9.18. The Balaban J connectivity index is 1.84. The molecular formula is C24H20ClNO2. The van der Waals surface area contributed by atoms with Crippen LogP contribution >= 0.6 is 11.6 Å². The maximum atomic E-state index is 11.5. The van der Waals surface area contributed by atoms with E-state index in [1.54, 1.807) is 0 Å². The number of amides is 1. The van der Waals surface area contributed by atoms with Crippen molar-refractivity contribution in [2.45, 2.75) is 12.8 Å². The number of carbonyl (C=O) groups is 1. The quantitative estimate of drug-likeness (QED) is 0.566. The van der Waals surface area contributed by atoms with Crippen LogP contribution in [-0.2, 0) is 17.6 Å². The zero-order valence-electron chi connectivity index (χ0n) is 15.5. The molecule has 3 aromatic carbocycles. The molecule has 0 bridgehead atoms. The van der Waals surface area contributed by atoms with E-state index in [9.17, 15) is 4.79 Å². The van der Waals surface area contributed by atoms with Gasteiger partial charge in [0.25, 0.3) is 0 Å². The standard InChI is InChI=1S/C24H20ClNO2/c1-28-24(27)26-20-7-4-5-16(13-20)14-23-21-8-3-2-6-17(21)9-10-18-15-19(25)11-12-22(18)23/h2-8,11-15H,9-10H2,1H3,(H,26,27)/b23-14-. The van der Waals surface area contributed by atoms with E-state index in [0.717, 1.165) is 29.0 Å². The fraction of sp³-hybridized carbons (Fsp3) is 0.125. The molecule has 0 atom stereocenters. The van der Waals surface area contributed by atoms with Crippen LogP contribution in [0.4, 0.5) is 10.5 Å². The third-order valence-electron chi connectivity index (χ3n) is 4.96. The minimum Gasteiger partial charge on any atom is -0.453 e. The van der Waals surface area contributed by atoms with Gasteiger partial charge in [-0.2, -0.15) is 0 Å². The van der Waals surface area contributed by atoms with Crippen molar-refractivity contribution < 1.29 is 9.53 Å². The molecule has 0 saturated carbocycles. The molecule has 1 aliphatic carbocycles. The molecule has 1 N–H and O–H groups in total. The van der Waals surface area contributed by atoms with Crippen LogP contribution < -0.4 is 5.32 Å². The lowest BCUT2D eigenvalue weighted by Crippen LogP contribution is -2.10. The Labute approximate surface area is 169 Å². The van der Waals surface area contributed by atoms with Gasteiger partial charge in [-0.05, 0) is 76.6 Å². The Morgan fingerprint density at radius 2 is 1.75 bits per heavy atom. The lowest BCUT2D eigenvalue weighted by molar-refractivity contribution is 0.187. The molecule has 0 unspecified atom stereocenters. The number of fused-ring (bicyclic) bond motifs is 2. The number of aryl methyl sites for hydroxylation is 2. The molecule has 0 radical (unpaired) electrons. The summed E-state index contributed by atoms with van der Waals surface area (Å²) in [6, 6.07) is 22.3. The van der Waals surface area contributed by atoms with Crippen molar-refractivity contribution in [2.75, 3.05) is 12.4 Å². The van der Waals surface area contributed by atoms with Crippen LogP contribution in [0, 0.1) is 0 Å². The van der Waals surface area contributed by atoms with Crippen LogP contribution in [0.1, 0.15) is 27.8 Å². The van der Waals surface area contributed by atoms with Gasteiger partial charge in [0.2, 0.25) is 0 Å². The second kappa shape index (κ2) is 7.91. The molecule has 0 fully saturated rings. The second-order valence-electron chi connectivity index (χ2n) is 6.76. The smallest absolute Gasteiger partial charge is 0.411 e. The van der Waals surface area contributed by atoms with E-state index in [4.69, 9.17) is 11.6 Å². The molecule has 1 aliphatic rings. The van der Waals surface area contributed by atoms with Gasteiger partial charge in [0, 0.05) is 10.7 Å². The Morgan fingerprint density at radius 1 is 0.964 bits per heavy atom. The van der Waals surface area contributed by atoms with Gasteiger partial charge in [0.15, 0.2) is 0 Å². The molecular weight excluding hydrogens is 370 g/mol. The molecule has 1 amide bonds. The highest BCUT2D eigenvalue weighted by atomic mass is 35.5. The molecule has 4 rings (SSSR count). The highest BCUT2D eigenvalue weighted by Gasteiger charge is 2.18. The predicted octanol–water partition coefficient (Wildman–Crippen LogP) is 6.21. The summed E-state index contributed by atoms with van der Waals surface area (Å²) in [6.45, 7) is 0. The average molecular weight is 390 g/mol. The Kier molecular flexibility index (Phi) is 5.18. The zero-order chi connectivity index (χ0) is 19.5. The summed E-state index contributed by atoms with van der Waals surface area (Å²) >= 11 is 6.26. The Bertz CT molecular complexity index is 1070. The topological polar surface area (TPSA) is 38.3 Å². The fourth-order valence-corrected chi connectivity index (χ4v) is 3.84. The fourth-order valence-electron chi connectivity index (χ4n) is 3.64. The third-order valence-corrected chi connectivity index (χ3v) is 5.19.